The number of nitrogens with two attached hydrogens (primary N) is 1. The Morgan fingerprint density at radius 1 is 1.03 bits per heavy atom. The van der Waals surface area contributed by atoms with Gasteiger partial charge in [0.05, 0.1) is 11.2 Å². The number of H-pyrrole nitrogens is 2. The molecule has 2 aromatic carbocycles. The minimum absolute atomic E-state index is 0.0966. The number of aromatic nitrogens is 4. The molecule has 0 radical (unpaired) electrons. The first kappa shape index (κ1) is 25.5. The minimum atomic E-state index is -0.735. The van der Waals surface area contributed by atoms with Crippen molar-refractivity contribution in [3.8, 4) is 11.4 Å². The maximum absolute atomic E-state index is 12.7. The van der Waals surface area contributed by atoms with Gasteiger partial charge < -0.3 is 20.6 Å². The van der Waals surface area contributed by atoms with Crippen molar-refractivity contribution in [1.82, 2.24) is 24.4 Å². The van der Waals surface area contributed by atoms with E-state index in [0.717, 1.165) is 58.9 Å². The Balaban J connectivity index is 1.31. The van der Waals surface area contributed by atoms with E-state index in [9.17, 15) is 14.4 Å². The van der Waals surface area contributed by atoms with E-state index in [4.69, 9.17) is 10.7 Å². The van der Waals surface area contributed by atoms with Gasteiger partial charge in [0.25, 0.3) is 5.56 Å². The third kappa shape index (κ3) is 5.12. The maximum Gasteiger partial charge on any atom is 0.328 e. The molecule has 0 spiro atoms. The van der Waals surface area contributed by atoms with Gasteiger partial charge in [-0.05, 0) is 23.1 Å². The van der Waals surface area contributed by atoms with E-state index in [1.165, 1.54) is 11.8 Å². The van der Waals surface area contributed by atoms with E-state index in [-0.39, 0.29) is 5.41 Å². The van der Waals surface area contributed by atoms with Gasteiger partial charge in [-0.25, -0.2) is 9.78 Å². The summed E-state index contributed by atoms with van der Waals surface area (Å²) in [5.41, 5.74) is 9.91. The van der Waals surface area contributed by atoms with Gasteiger partial charge in [-0.3, -0.25) is 19.1 Å². The van der Waals surface area contributed by atoms with E-state index in [1.807, 2.05) is 12.1 Å². The quantitative estimate of drug-likeness (QED) is 0.361. The van der Waals surface area contributed by atoms with Crippen LogP contribution in [0.1, 0.15) is 31.9 Å². The van der Waals surface area contributed by atoms with Crippen LogP contribution in [0.15, 0.2) is 58.3 Å². The summed E-state index contributed by atoms with van der Waals surface area (Å²) in [7, 11) is 0. The molecular weight excluding hydrogens is 482 g/mol. The molecule has 1 amide bonds. The summed E-state index contributed by atoms with van der Waals surface area (Å²) < 4.78 is 0.848. The van der Waals surface area contributed by atoms with Crippen molar-refractivity contribution in [2.24, 2.45) is 5.73 Å². The summed E-state index contributed by atoms with van der Waals surface area (Å²) in [6.07, 6.45) is 1.43. The van der Waals surface area contributed by atoms with Crippen LogP contribution in [0.4, 0.5) is 5.69 Å². The first-order valence-corrected chi connectivity index (χ1v) is 12.8. The smallest absolute Gasteiger partial charge is 0.328 e. The molecule has 0 bridgehead atoms. The predicted molar refractivity (Wildman–Crippen MR) is 148 cm³/mol. The molecule has 1 aliphatic rings. The van der Waals surface area contributed by atoms with Crippen molar-refractivity contribution < 1.29 is 4.79 Å². The highest BCUT2D eigenvalue weighted by Gasteiger charge is 2.22. The average molecular weight is 516 g/mol. The largest absolute Gasteiger partial charge is 0.368 e. The molecular formula is C28H33N7O3. The lowest BCUT2D eigenvalue weighted by molar-refractivity contribution is -0.118. The summed E-state index contributed by atoms with van der Waals surface area (Å²) in [6, 6.07) is 14.7. The Morgan fingerprint density at radius 2 is 1.74 bits per heavy atom. The number of carbonyl (C=O) groups excluding carboxylic acids is 1. The lowest BCUT2D eigenvalue weighted by Gasteiger charge is -2.36. The fraction of sp³-hybridized carbons (Fsp3) is 0.357. The van der Waals surface area contributed by atoms with Gasteiger partial charge in [0.1, 0.15) is 17.9 Å². The molecule has 5 rings (SSSR count). The van der Waals surface area contributed by atoms with E-state index in [1.54, 1.807) is 0 Å². The van der Waals surface area contributed by atoms with E-state index >= 15 is 0 Å². The number of hydrogen-bond acceptors (Lipinski definition) is 6. The number of hydrogen-bond donors (Lipinski definition) is 3. The molecule has 4 aromatic rings. The van der Waals surface area contributed by atoms with Crippen molar-refractivity contribution in [3.63, 3.8) is 0 Å². The molecule has 38 heavy (non-hydrogen) atoms. The van der Waals surface area contributed by atoms with Crippen LogP contribution in [0.25, 0.3) is 22.4 Å². The Morgan fingerprint density at radius 3 is 2.39 bits per heavy atom. The Bertz CT molecular complexity index is 1580. The Labute approximate surface area is 220 Å². The summed E-state index contributed by atoms with van der Waals surface area (Å²) >= 11 is 0. The van der Waals surface area contributed by atoms with Crippen molar-refractivity contribution in [2.75, 3.05) is 31.1 Å². The number of benzene rings is 2. The maximum atomic E-state index is 12.7. The van der Waals surface area contributed by atoms with Crippen molar-refractivity contribution in [3.05, 3.63) is 80.6 Å². The number of fused-ring (bicyclic) bond motifs is 1. The van der Waals surface area contributed by atoms with E-state index in [2.05, 4.69) is 70.9 Å². The monoisotopic (exact) mass is 515 g/mol. The highest BCUT2D eigenvalue weighted by molar-refractivity contribution is 5.91. The zero-order valence-corrected chi connectivity index (χ0v) is 22.0. The van der Waals surface area contributed by atoms with Gasteiger partial charge in [0, 0.05) is 50.0 Å². The summed E-state index contributed by atoms with van der Waals surface area (Å²) in [5.74, 6) is 0.109. The SMILES string of the molecule is CC(C)(C)c1ccc(-c2nc3c(N4CCN(Cc5c[nH]c(=O)n(CC(N)=O)c5=O)CC4)cccc3[nH]2)cc1. The molecule has 3 heterocycles. The fourth-order valence-electron chi connectivity index (χ4n) is 4.89. The zero-order chi connectivity index (χ0) is 27.0. The number of imidazole rings is 1. The van der Waals surface area contributed by atoms with Crippen LogP contribution in [0.5, 0.6) is 0 Å². The van der Waals surface area contributed by atoms with Crippen LogP contribution in [-0.4, -0.2) is 56.5 Å². The number of amides is 1. The van der Waals surface area contributed by atoms with E-state index in [0.29, 0.717) is 12.1 Å². The molecule has 0 aliphatic carbocycles. The number of primary amides is 1. The number of piperazine rings is 1. The number of aromatic amines is 2. The van der Waals surface area contributed by atoms with Crippen LogP contribution in [-0.2, 0) is 23.3 Å². The molecule has 2 aromatic heterocycles. The van der Waals surface area contributed by atoms with Gasteiger partial charge in [-0.2, -0.15) is 0 Å². The highest BCUT2D eigenvalue weighted by atomic mass is 16.2. The summed E-state index contributed by atoms with van der Waals surface area (Å²) in [5, 5.41) is 0. The van der Waals surface area contributed by atoms with Crippen LogP contribution in [0, 0.1) is 0 Å². The lowest BCUT2D eigenvalue weighted by Crippen LogP contribution is -2.47. The summed E-state index contributed by atoms with van der Waals surface area (Å²) in [6.45, 7) is 9.55. The van der Waals surface area contributed by atoms with Gasteiger partial charge >= 0.3 is 5.69 Å². The second-order valence-electron chi connectivity index (χ2n) is 10.8. The van der Waals surface area contributed by atoms with Gasteiger partial charge in [0.15, 0.2) is 0 Å². The number of rotatable bonds is 6. The van der Waals surface area contributed by atoms with E-state index < -0.39 is 23.7 Å². The molecule has 0 saturated carbocycles. The van der Waals surface area contributed by atoms with Gasteiger partial charge in [-0.15, -0.1) is 0 Å². The third-order valence-corrected chi connectivity index (χ3v) is 7.07. The normalized spacial score (nSPS) is 14.8. The van der Waals surface area contributed by atoms with Gasteiger partial charge in [-0.1, -0.05) is 51.1 Å². The standard InChI is InChI=1S/C28H33N7O3/c1-28(2,3)20-9-7-18(8-10-20)25-31-21-5-4-6-22(24(21)32-25)34-13-11-33(12-14-34)16-19-15-30-27(38)35(26(19)37)17-23(29)36/h4-10,15H,11-14,16-17H2,1-3H3,(H2,29,36)(H,30,38)(H,31,32). The molecule has 10 heteroatoms. The predicted octanol–water partition coefficient (Wildman–Crippen LogP) is 2.18. The fourth-order valence-corrected chi connectivity index (χ4v) is 4.89. The number of nitrogens with zero attached hydrogens (tertiary/aromatic N) is 4. The number of anilines is 1. The lowest BCUT2D eigenvalue weighted by atomic mass is 9.87. The molecule has 10 nitrogen and oxygen atoms in total. The molecule has 1 saturated heterocycles. The molecule has 1 aliphatic heterocycles. The second kappa shape index (κ2) is 9.94. The first-order chi connectivity index (χ1) is 18.1. The number of carbonyl (C=O) groups is 1. The van der Waals surface area contributed by atoms with Crippen molar-refractivity contribution in [1.29, 1.82) is 0 Å². The van der Waals surface area contributed by atoms with Crippen LogP contribution in [0.2, 0.25) is 0 Å². The molecule has 198 valence electrons. The average Bonchev–Trinajstić information content (AvgIpc) is 3.33. The Kier molecular flexibility index (Phi) is 6.66. The van der Waals surface area contributed by atoms with Crippen LogP contribution < -0.4 is 21.9 Å². The summed E-state index contributed by atoms with van der Waals surface area (Å²) in [4.78, 5) is 51.3. The van der Waals surface area contributed by atoms with Crippen LogP contribution in [0.3, 0.4) is 0 Å². The molecule has 0 atom stereocenters. The van der Waals surface area contributed by atoms with Crippen molar-refractivity contribution >= 4 is 22.6 Å². The number of para-hydroxylation sites is 1. The first-order valence-electron chi connectivity index (χ1n) is 12.8. The zero-order valence-electron chi connectivity index (χ0n) is 22.0. The molecule has 0 unspecified atom stereocenters. The molecule has 1 fully saturated rings. The minimum Gasteiger partial charge on any atom is -0.368 e. The second-order valence-corrected chi connectivity index (χ2v) is 10.8. The molecule has 4 N–H and O–H groups in total. The number of nitrogens with one attached hydrogen (secondary N) is 2. The van der Waals surface area contributed by atoms with Crippen LogP contribution >= 0.6 is 0 Å². The van der Waals surface area contributed by atoms with Crippen molar-refractivity contribution in [2.45, 2.75) is 39.3 Å². The van der Waals surface area contributed by atoms with Gasteiger partial charge in [0.2, 0.25) is 5.91 Å². The highest BCUT2D eigenvalue weighted by Crippen LogP contribution is 2.30. The Hall–Kier alpha value is -4.18. The topological polar surface area (TPSA) is 133 Å². The third-order valence-electron chi connectivity index (χ3n) is 7.07.